The molecule has 9 heteroatoms. The number of aromatic amines is 1. The fourth-order valence-corrected chi connectivity index (χ4v) is 3.28. The zero-order valence-electron chi connectivity index (χ0n) is 14.5. The number of hydrogen-bond donors (Lipinski definition) is 2. The third-order valence-electron chi connectivity index (χ3n) is 3.67. The minimum atomic E-state index is -0.431. The van der Waals surface area contributed by atoms with E-state index in [1.165, 1.54) is 11.8 Å². The van der Waals surface area contributed by atoms with E-state index < -0.39 is 5.25 Å². The summed E-state index contributed by atoms with van der Waals surface area (Å²) in [4.78, 5) is 16.8. The lowest BCUT2D eigenvalue weighted by Crippen LogP contribution is -2.22. The molecular weight excluding hydrogens is 407 g/mol. The number of hydrogen-bond acceptors (Lipinski definition) is 5. The number of ether oxygens (including phenoxy) is 1. The zero-order valence-corrected chi connectivity index (χ0v) is 16.8. The van der Waals surface area contributed by atoms with Gasteiger partial charge in [-0.15, -0.1) is 5.10 Å². The number of benzene rings is 2. The lowest BCUT2D eigenvalue weighted by Gasteiger charge is -2.11. The predicted octanol–water partition coefficient (Wildman–Crippen LogP) is 4.91. The van der Waals surface area contributed by atoms with Gasteiger partial charge in [-0.05, 0) is 49.4 Å². The second kappa shape index (κ2) is 8.65. The van der Waals surface area contributed by atoms with Gasteiger partial charge in [0.1, 0.15) is 5.75 Å². The van der Waals surface area contributed by atoms with Crippen molar-refractivity contribution in [1.82, 2.24) is 15.2 Å². The van der Waals surface area contributed by atoms with Crippen molar-refractivity contribution >= 4 is 46.6 Å². The van der Waals surface area contributed by atoms with Gasteiger partial charge in [0.15, 0.2) is 5.82 Å². The van der Waals surface area contributed by atoms with E-state index in [2.05, 4.69) is 20.5 Å². The number of carbonyl (C=O) groups is 1. The van der Waals surface area contributed by atoms with E-state index >= 15 is 0 Å². The molecule has 1 atom stereocenters. The van der Waals surface area contributed by atoms with Crippen molar-refractivity contribution < 1.29 is 9.53 Å². The highest BCUT2D eigenvalue weighted by molar-refractivity contribution is 8.00. The van der Waals surface area contributed by atoms with Crippen molar-refractivity contribution in [3.63, 3.8) is 0 Å². The molecule has 3 aromatic rings. The van der Waals surface area contributed by atoms with Gasteiger partial charge in [-0.25, -0.2) is 4.98 Å². The van der Waals surface area contributed by atoms with Gasteiger partial charge in [-0.2, -0.15) is 0 Å². The number of rotatable bonds is 6. The highest BCUT2D eigenvalue weighted by Crippen LogP contribution is 2.28. The minimum Gasteiger partial charge on any atom is -0.497 e. The Balaban J connectivity index is 1.65. The Labute approximate surface area is 170 Å². The van der Waals surface area contributed by atoms with E-state index in [4.69, 9.17) is 27.9 Å². The average molecular weight is 423 g/mol. The highest BCUT2D eigenvalue weighted by atomic mass is 35.5. The Bertz CT molecular complexity index is 947. The summed E-state index contributed by atoms with van der Waals surface area (Å²) in [7, 11) is 1.61. The molecule has 0 bridgehead atoms. The van der Waals surface area contributed by atoms with Crippen molar-refractivity contribution in [2.75, 3.05) is 12.4 Å². The van der Waals surface area contributed by atoms with Crippen LogP contribution in [-0.4, -0.2) is 33.4 Å². The smallest absolute Gasteiger partial charge is 0.237 e. The molecule has 1 aromatic heterocycles. The quantitative estimate of drug-likeness (QED) is 0.551. The predicted molar refractivity (Wildman–Crippen MR) is 109 cm³/mol. The standard InChI is InChI=1S/C18H16Cl2N4O2S/c1-10(17(25)21-15-9-12(19)5-8-14(15)20)27-18-22-16(23-24-18)11-3-6-13(26-2)7-4-11/h3-10H,1-2H3,(H,21,25)(H,22,23,24). The molecule has 0 aliphatic rings. The third-order valence-corrected chi connectivity index (χ3v) is 5.19. The first kappa shape index (κ1) is 19.5. The molecule has 2 N–H and O–H groups in total. The van der Waals surface area contributed by atoms with Crippen molar-refractivity contribution in [3.05, 3.63) is 52.5 Å². The fourth-order valence-electron chi connectivity index (χ4n) is 2.22. The number of amides is 1. The summed E-state index contributed by atoms with van der Waals surface area (Å²) >= 11 is 13.3. The first-order chi connectivity index (χ1) is 13.0. The number of aromatic nitrogens is 3. The largest absolute Gasteiger partial charge is 0.497 e. The Morgan fingerprint density at radius 3 is 2.67 bits per heavy atom. The topological polar surface area (TPSA) is 79.9 Å². The molecule has 0 radical (unpaired) electrons. The van der Waals surface area contributed by atoms with Crippen molar-refractivity contribution in [1.29, 1.82) is 0 Å². The summed E-state index contributed by atoms with van der Waals surface area (Å²) in [5.41, 5.74) is 1.34. The van der Waals surface area contributed by atoms with Gasteiger partial charge < -0.3 is 10.1 Å². The van der Waals surface area contributed by atoms with E-state index in [-0.39, 0.29) is 5.91 Å². The average Bonchev–Trinajstić information content (AvgIpc) is 3.13. The number of carbonyl (C=O) groups excluding carboxylic acids is 1. The monoisotopic (exact) mass is 422 g/mol. The molecule has 0 fully saturated rings. The third kappa shape index (κ3) is 4.94. The van der Waals surface area contributed by atoms with Crippen LogP contribution in [-0.2, 0) is 4.79 Å². The summed E-state index contributed by atoms with van der Waals surface area (Å²) in [6.45, 7) is 1.77. The van der Waals surface area contributed by atoms with Gasteiger partial charge >= 0.3 is 0 Å². The fraction of sp³-hybridized carbons (Fsp3) is 0.167. The highest BCUT2D eigenvalue weighted by Gasteiger charge is 2.18. The number of methoxy groups -OCH3 is 1. The molecule has 0 saturated carbocycles. The number of nitrogens with one attached hydrogen (secondary N) is 2. The van der Waals surface area contributed by atoms with Crippen LogP contribution in [0.25, 0.3) is 11.4 Å². The van der Waals surface area contributed by atoms with Crippen molar-refractivity contribution in [2.24, 2.45) is 0 Å². The summed E-state index contributed by atoms with van der Waals surface area (Å²) in [6, 6.07) is 12.3. The van der Waals surface area contributed by atoms with E-state index in [0.717, 1.165) is 11.3 Å². The van der Waals surface area contributed by atoms with Crippen LogP contribution in [0, 0.1) is 0 Å². The second-order valence-corrected chi connectivity index (χ2v) is 7.72. The molecule has 6 nitrogen and oxygen atoms in total. The first-order valence-corrected chi connectivity index (χ1v) is 9.59. The first-order valence-electron chi connectivity index (χ1n) is 7.95. The summed E-state index contributed by atoms with van der Waals surface area (Å²) in [6.07, 6.45) is 0. The molecule has 0 saturated heterocycles. The van der Waals surface area contributed by atoms with Crippen molar-refractivity contribution in [3.8, 4) is 17.1 Å². The number of H-pyrrole nitrogens is 1. The maximum atomic E-state index is 12.4. The molecule has 3 rings (SSSR count). The molecule has 0 spiro atoms. The van der Waals surface area contributed by atoms with E-state index in [1.54, 1.807) is 32.2 Å². The van der Waals surface area contributed by atoms with Crippen molar-refractivity contribution in [2.45, 2.75) is 17.3 Å². The number of halogens is 2. The minimum absolute atomic E-state index is 0.222. The van der Waals surface area contributed by atoms with E-state index in [9.17, 15) is 4.79 Å². The Morgan fingerprint density at radius 1 is 1.22 bits per heavy atom. The Kier molecular flexibility index (Phi) is 6.26. The van der Waals surface area contributed by atoms with E-state index in [1.807, 2.05) is 24.3 Å². The maximum absolute atomic E-state index is 12.4. The molecular formula is C18H16Cl2N4O2S. The Morgan fingerprint density at radius 2 is 1.96 bits per heavy atom. The van der Waals surface area contributed by atoms with Crippen LogP contribution < -0.4 is 10.1 Å². The van der Waals surface area contributed by atoms with Crippen LogP contribution in [0.5, 0.6) is 5.75 Å². The molecule has 140 valence electrons. The second-order valence-electron chi connectivity index (χ2n) is 5.57. The molecule has 1 amide bonds. The van der Waals surface area contributed by atoms with Crippen LogP contribution >= 0.6 is 35.0 Å². The van der Waals surface area contributed by atoms with Crippen LogP contribution in [0.4, 0.5) is 5.69 Å². The zero-order chi connectivity index (χ0) is 19.4. The summed E-state index contributed by atoms with van der Waals surface area (Å²) in [5, 5.41) is 10.8. The molecule has 27 heavy (non-hydrogen) atoms. The van der Waals surface area contributed by atoms with Gasteiger partial charge in [-0.1, -0.05) is 35.0 Å². The molecule has 2 aromatic carbocycles. The van der Waals surface area contributed by atoms with Gasteiger partial charge in [0.2, 0.25) is 11.1 Å². The molecule has 1 heterocycles. The lowest BCUT2D eigenvalue weighted by atomic mass is 10.2. The lowest BCUT2D eigenvalue weighted by molar-refractivity contribution is -0.115. The van der Waals surface area contributed by atoms with Crippen LogP contribution in [0.15, 0.2) is 47.6 Å². The molecule has 1 unspecified atom stereocenters. The van der Waals surface area contributed by atoms with E-state index in [0.29, 0.717) is 26.7 Å². The van der Waals surface area contributed by atoms with Crippen LogP contribution in [0.1, 0.15) is 6.92 Å². The molecule has 0 aliphatic carbocycles. The van der Waals surface area contributed by atoms with Gasteiger partial charge in [-0.3, -0.25) is 9.89 Å². The summed E-state index contributed by atoms with van der Waals surface area (Å²) < 4.78 is 5.14. The normalized spacial score (nSPS) is 11.9. The summed E-state index contributed by atoms with van der Waals surface area (Å²) in [5.74, 6) is 1.16. The van der Waals surface area contributed by atoms with Gasteiger partial charge in [0.25, 0.3) is 0 Å². The van der Waals surface area contributed by atoms with Crippen LogP contribution in [0.2, 0.25) is 10.0 Å². The van der Waals surface area contributed by atoms with Gasteiger partial charge in [0.05, 0.1) is 23.1 Å². The van der Waals surface area contributed by atoms with Gasteiger partial charge in [0, 0.05) is 10.6 Å². The van der Waals surface area contributed by atoms with Crippen LogP contribution in [0.3, 0.4) is 0 Å². The SMILES string of the molecule is COc1ccc(-c2nc(SC(C)C(=O)Nc3cc(Cl)ccc3Cl)n[nH]2)cc1. The maximum Gasteiger partial charge on any atom is 0.237 e. The number of nitrogens with zero attached hydrogens (tertiary/aromatic N) is 2. The molecule has 0 aliphatic heterocycles. The number of anilines is 1. The number of thioether (sulfide) groups is 1. The Hall–Kier alpha value is -2.22.